The Morgan fingerprint density at radius 3 is 2.29 bits per heavy atom. The van der Waals surface area contributed by atoms with Crippen LogP contribution in [0.15, 0.2) is 48.0 Å². The van der Waals surface area contributed by atoms with E-state index < -0.39 is 41.8 Å². The molecule has 0 spiro atoms. The molecule has 4 fully saturated rings. The number of allylic oxidation sites excluding steroid dienone is 1. The summed E-state index contributed by atoms with van der Waals surface area (Å²) in [5.41, 5.74) is 5.74. The van der Waals surface area contributed by atoms with Crippen LogP contribution in [0.5, 0.6) is 5.75 Å². The number of aliphatic hydroxyl groups is 1. The van der Waals surface area contributed by atoms with Crippen molar-refractivity contribution in [2.75, 3.05) is 48.0 Å². The van der Waals surface area contributed by atoms with E-state index >= 15 is 0 Å². The maximum Gasteiger partial charge on any atom is 0.336 e. The summed E-state index contributed by atoms with van der Waals surface area (Å²) in [6, 6.07) is 13.2. The zero-order valence-corrected chi connectivity index (χ0v) is 37.8. The monoisotopic (exact) mass is 896 g/mol. The molecule has 348 valence electrons. The number of likely N-dealkylation sites (N-methyl/N-ethyl adjacent to an activating group) is 1. The first-order valence-electron chi connectivity index (χ1n) is 22.5. The van der Waals surface area contributed by atoms with Crippen molar-refractivity contribution >= 4 is 51.7 Å². The second kappa shape index (κ2) is 17.6. The Morgan fingerprint density at radius 1 is 0.938 bits per heavy atom. The van der Waals surface area contributed by atoms with Gasteiger partial charge in [0.1, 0.15) is 11.2 Å². The van der Waals surface area contributed by atoms with Gasteiger partial charge in [-0.15, -0.1) is 0 Å². The number of aromatic nitrogens is 2. The van der Waals surface area contributed by atoms with Crippen molar-refractivity contribution in [1.82, 2.24) is 19.8 Å². The fourth-order valence-corrected chi connectivity index (χ4v) is 12.8. The molecule has 6 heterocycles. The van der Waals surface area contributed by atoms with E-state index in [1.54, 1.807) is 14.2 Å². The molecule has 4 aliphatic heterocycles. The lowest BCUT2D eigenvalue weighted by molar-refractivity contribution is -0.170. The Bertz CT molecular complexity index is 2560. The molecule has 2 aromatic heterocycles. The van der Waals surface area contributed by atoms with E-state index in [-0.39, 0.29) is 41.8 Å². The molecule has 0 radical (unpaired) electrons. The minimum Gasteiger partial charge on any atom is -0.496 e. The molecule has 6 bridgehead atoms. The summed E-state index contributed by atoms with van der Waals surface area (Å²) in [5.74, 6) is -3.91. The molecule has 10 rings (SSSR count). The highest BCUT2D eigenvalue weighted by Gasteiger charge is 2.63. The van der Waals surface area contributed by atoms with Crippen LogP contribution in [0, 0.1) is 23.7 Å². The van der Waals surface area contributed by atoms with Gasteiger partial charge in [0.25, 0.3) is 0 Å². The number of nitrogens with zero attached hydrogens (tertiary/aromatic N) is 2. The second-order valence-corrected chi connectivity index (χ2v) is 18.8. The van der Waals surface area contributed by atoms with Gasteiger partial charge in [-0.25, -0.2) is 4.79 Å². The Kier molecular flexibility index (Phi) is 12.4. The van der Waals surface area contributed by atoms with Crippen molar-refractivity contribution in [1.29, 1.82) is 0 Å². The number of esters is 2. The number of fused-ring (bicyclic) bond motifs is 9. The normalized spacial score (nSPS) is 28.8. The smallest absolute Gasteiger partial charge is 0.336 e. The predicted molar refractivity (Wildman–Crippen MR) is 239 cm³/mol. The number of methoxy groups -OCH3 is 3. The van der Waals surface area contributed by atoms with Crippen LogP contribution in [-0.2, 0) is 51.7 Å². The number of piperidine rings is 3. The zero-order valence-electron chi connectivity index (χ0n) is 37.8. The van der Waals surface area contributed by atoms with Crippen molar-refractivity contribution in [3.63, 3.8) is 0 Å². The maximum atomic E-state index is 14.2. The standard InChI is InChI=1S/C43H52N4O5.C6H8O7/c1-7-24-15-23-20-43(42(49)52-6)39-27(13-14-47(21-23)40(24)43)29-19-36(50-4)30(17-34(29)45-39)31-16-28-25(8-2)22-46(3)35(37(28)41(48)51-5)18-32-26-11-9-10-12-33(26)44-38(31)32;7-3(8)1-6(13,5(11)12)2-4(9)10/h8-12,17,19,23-24,28,31,35,37,40,44-45H,7,13-16,18,20-22H2,1-6H3;13H,1-2H2,(H,7,8)(H,9,10)(H,11,12)/b25-8-;/t23-,24+,28+,31-,35+,37?,40+,43-;/m1./s1. The number of hydrogen-bond acceptors (Lipinski definition) is 11. The minimum atomic E-state index is -2.74. The van der Waals surface area contributed by atoms with Crippen molar-refractivity contribution in [3.8, 4) is 5.75 Å². The Hall–Kier alpha value is -5.71. The van der Waals surface area contributed by atoms with Gasteiger partial charge < -0.3 is 44.6 Å². The highest BCUT2D eigenvalue weighted by molar-refractivity contribution is 5.94. The SMILES string of the molecule is C/C=C1/CN(C)[C@H]2Cc3c([nH]c4ccccc34)[C@@H](c3cc4[nH]c5c(c4cc3OC)CC[N@@]3C[C@@H]4C[C@H](CC)[C@H]3[C@@]5(C(=O)OC)C4)C[C@@H]1C2C(=O)OC.O=C(O)CC(O)(CC(=O)O)C(=O)O. The average Bonchev–Trinajstić information content (AvgIpc) is 3.80. The molecule has 2 aromatic carbocycles. The van der Waals surface area contributed by atoms with Gasteiger partial charge >= 0.3 is 29.8 Å². The molecule has 65 heavy (non-hydrogen) atoms. The molecule has 6 aliphatic rings. The number of aliphatic carboxylic acids is 3. The van der Waals surface area contributed by atoms with E-state index in [0.717, 1.165) is 85.2 Å². The highest BCUT2D eigenvalue weighted by atomic mass is 16.5. The van der Waals surface area contributed by atoms with Gasteiger partial charge in [-0.1, -0.05) is 43.2 Å². The quantitative estimate of drug-likeness (QED) is 0.0884. The highest BCUT2D eigenvalue weighted by Crippen LogP contribution is 2.56. The summed E-state index contributed by atoms with van der Waals surface area (Å²) in [5, 5.41) is 36.1. The lowest BCUT2D eigenvalue weighted by Crippen LogP contribution is -2.67. The summed E-state index contributed by atoms with van der Waals surface area (Å²) in [7, 11) is 6.99. The molecule has 3 saturated heterocycles. The Labute approximate surface area is 376 Å². The van der Waals surface area contributed by atoms with Gasteiger partial charge in [-0.3, -0.25) is 29.0 Å². The third-order valence-corrected chi connectivity index (χ3v) is 15.4. The van der Waals surface area contributed by atoms with Gasteiger partial charge in [0.2, 0.25) is 0 Å². The van der Waals surface area contributed by atoms with Gasteiger partial charge in [0, 0.05) is 76.4 Å². The summed E-state index contributed by atoms with van der Waals surface area (Å²) in [4.78, 5) is 71.3. The number of benzene rings is 2. The molecule has 2 aliphatic carbocycles. The third kappa shape index (κ3) is 7.66. The molecule has 6 N–H and O–H groups in total. The summed E-state index contributed by atoms with van der Waals surface area (Å²) in [6.07, 6.45) is 5.30. The van der Waals surface area contributed by atoms with Crippen LogP contribution >= 0.6 is 0 Å². The Balaban J connectivity index is 0.000000388. The fourth-order valence-electron chi connectivity index (χ4n) is 12.8. The molecule has 1 saturated carbocycles. The number of hydrogen-bond donors (Lipinski definition) is 6. The predicted octanol–water partition coefficient (Wildman–Crippen LogP) is 5.24. The number of carbonyl (C=O) groups excluding carboxylic acids is 2. The first-order chi connectivity index (χ1) is 31.0. The Morgan fingerprint density at radius 2 is 1.66 bits per heavy atom. The van der Waals surface area contributed by atoms with Gasteiger partial charge in [0.15, 0.2) is 5.60 Å². The number of carbonyl (C=O) groups is 5. The summed E-state index contributed by atoms with van der Waals surface area (Å²) < 4.78 is 17.6. The number of likely N-dealkylation sites (tertiary alicyclic amines) is 1. The molecule has 1 unspecified atom stereocenters. The van der Waals surface area contributed by atoms with E-state index in [1.807, 2.05) is 0 Å². The van der Waals surface area contributed by atoms with E-state index in [4.69, 9.17) is 34.6 Å². The van der Waals surface area contributed by atoms with E-state index in [1.165, 1.54) is 41.3 Å². The lowest BCUT2D eigenvalue weighted by Gasteiger charge is -2.57. The van der Waals surface area contributed by atoms with Crippen LogP contribution in [0.3, 0.4) is 0 Å². The van der Waals surface area contributed by atoms with E-state index in [0.29, 0.717) is 11.8 Å². The van der Waals surface area contributed by atoms with Crippen LogP contribution in [0.2, 0.25) is 0 Å². The van der Waals surface area contributed by atoms with Crippen molar-refractivity contribution in [3.05, 3.63) is 76.1 Å². The number of para-hydroxylation sites is 1. The topological polar surface area (TPSA) is 232 Å². The van der Waals surface area contributed by atoms with E-state index in [2.05, 4.69) is 83.1 Å². The molecule has 16 heteroatoms. The van der Waals surface area contributed by atoms with E-state index in [9.17, 15) is 24.0 Å². The van der Waals surface area contributed by atoms with Crippen LogP contribution in [0.1, 0.15) is 86.4 Å². The first-order valence-corrected chi connectivity index (χ1v) is 22.5. The van der Waals surface area contributed by atoms with Crippen LogP contribution in [0.4, 0.5) is 0 Å². The largest absolute Gasteiger partial charge is 0.496 e. The van der Waals surface area contributed by atoms with Crippen molar-refractivity contribution < 1.29 is 58.6 Å². The first kappa shape index (κ1) is 45.8. The van der Waals surface area contributed by atoms with Crippen LogP contribution in [-0.4, -0.2) is 136 Å². The number of ether oxygens (including phenoxy) is 3. The van der Waals surface area contributed by atoms with Crippen LogP contribution < -0.4 is 4.74 Å². The molecule has 4 aromatic rings. The molecule has 9 atom stereocenters. The lowest BCUT2D eigenvalue weighted by atomic mass is 9.56. The van der Waals surface area contributed by atoms with Gasteiger partial charge in [-0.05, 0) is 93.2 Å². The third-order valence-electron chi connectivity index (χ3n) is 15.4. The van der Waals surface area contributed by atoms with Crippen LogP contribution in [0.25, 0.3) is 21.8 Å². The second-order valence-electron chi connectivity index (χ2n) is 18.8. The van der Waals surface area contributed by atoms with Crippen molar-refractivity contribution in [2.45, 2.75) is 94.2 Å². The molecular formula is C49H60N4O12. The zero-order chi connectivity index (χ0) is 46.7. The number of carboxylic acid groups (broad SMARTS) is 3. The molecule has 16 nitrogen and oxygen atoms in total. The summed E-state index contributed by atoms with van der Waals surface area (Å²) in [6.45, 7) is 7.17. The molecule has 0 amide bonds. The van der Waals surface area contributed by atoms with Gasteiger partial charge in [-0.2, -0.15) is 0 Å². The fraction of sp³-hybridized carbons (Fsp3) is 0.531. The average molecular weight is 897 g/mol. The van der Waals surface area contributed by atoms with Gasteiger partial charge in [0.05, 0.1) is 40.1 Å². The minimum absolute atomic E-state index is 0.00122. The number of carboxylic acids is 3. The maximum absolute atomic E-state index is 14.2. The number of H-pyrrole nitrogens is 2. The number of aromatic amines is 2. The number of rotatable bonds is 10. The number of nitrogens with one attached hydrogen (secondary N) is 2. The summed E-state index contributed by atoms with van der Waals surface area (Å²) >= 11 is 0. The molecular weight excluding hydrogens is 837 g/mol. The van der Waals surface area contributed by atoms with Crippen molar-refractivity contribution in [2.24, 2.45) is 23.7 Å².